The second-order valence-electron chi connectivity index (χ2n) is 5.19. The van der Waals surface area contributed by atoms with Crippen LogP contribution in [0.2, 0.25) is 0 Å². The van der Waals surface area contributed by atoms with Crippen molar-refractivity contribution in [2.45, 2.75) is 38.0 Å². The van der Waals surface area contributed by atoms with E-state index in [1.54, 1.807) is 0 Å². The van der Waals surface area contributed by atoms with E-state index in [9.17, 15) is 8.42 Å². The number of sulfone groups is 1. The average molecular weight is 249 g/mol. The molecule has 0 bridgehead atoms. The first-order valence-corrected chi connectivity index (χ1v) is 7.44. The highest BCUT2D eigenvalue weighted by molar-refractivity contribution is 7.92. The van der Waals surface area contributed by atoms with Crippen LogP contribution < -0.4 is 5.32 Å². The molecule has 16 heavy (non-hydrogen) atoms. The molecular weight excluding hydrogens is 226 g/mol. The summed E-state index contributed by atoms with van der Waals surface area (Å²) in [7, 11) is 0.333. The van der Waals surface area contributed by atoms with Gasteiger partial charge in [-0.15, -0.1) is 0 Å². The maximum Gasteiger partial charge on any atom is 0.156 e. The second-order valence-corrected chi connectivity index (χ2v) is 7.53. The van der Waals surface area contributed by atoms with Crippen molar-refractivity contribution in [1.29, 1.82) is 0 Å². The number of ether oxygens (including phenoxy) is 1. The first kappa shape index (κ1) is 13.9. The van der Waals surface area contributed by atoms with Crippen LogP contribution in [-0.4, -0.2) is 46.2 Å². The van der Waals surface area contributed by atoms with E-state index in [1.807, 2.05) is 7.05 Å². The van der Waals surface area contributed by atoms with Crippen LogP contribution in [0.4, 0.5) is 0 Å². The van der Waals surface area contributed by atoms with Crippen molar-refractivity contribution in [1.82, 2.24) is 5.32 Å². The van der Waals surface area contributed by atoms with Crippen molar-refractivity contribution >= 4 is 9.84 Å². The Hall–Kier alpha value is -0.130. The maximum atomic E-state index is 12.1. The summed E-state index contributed by atoms with van der Waals surface area (Å²) in [6.45, 7) is 4.54. The van der Waals surface area contributed by atoms with Crippen LogP contribution >= 0.6 is 0 Å². The third-order valence-corrected chi connectivity index (χ3v) is 5.80. The molecule has 0 spiro atoms. The molecule has 0 amide bonds. The third-order valence-electron chi connectivity index (χ3n) is 3.63. The van der Waals surface area contributed by atoms with Gasteiger partial charge in [-0.1, -0.05) is 13.8 Å². The quantitative estimate of drug-likeness (QED) is 0.784. The predicted octanol–water partition coefficient (Wildman–Crippen LogP) is 0.824. The number of nitrogens with one attached hydrogen (secondary N) is 1. The Morgan fingerprint density at radius 3 is 2.56 bits per heavy atom. The van der Waals surface area contributed by atoms with Crippen LogP contribution in [0.3, 0.4) is 0 Å². The summed E-state index contributed by atoms with van der Waals surface area (Å²) in [6.07, 6.45) is 1.71. The smallest absolute Gasteiger partial charge is 0.156 e. The lowest BCUT2D eigenvalue weighted by Gasteiger charge is -2.30. The van der Waals surface area contributed by atoms with Crippen LogP contribution in [0.15, 0.2) is 0 Å². The van der Waals surface area contributed by atoms with E-state index in [-0.39, 0.29) is 29.1 Å². The summed E-state index contributed by atoms with van der Waals surface area (Å²) in [5.41, 5.74) is 0.0551. The van der Waals surface area contributed by atoms with Gasteiger partial charge in [0.1, 0.15) is 0 Å². The molecule has 1 aliphatic rings. The average Bonchev–Trinajstić information content (AvgIpc) is 2.51. The number of hydrogen-bond acceptors (Lipinski definition) is 4. The molecule has 0 aromatic carbocycles. The van der Waals surface area contributed by atoms with Crippen LogP contribution in [-0.2, 0) is 14.6 Å². The molecule has 1 N–H and O–H groups in total. The Morgan fingerprint density at radius 1 is 1.44 bits per heavy atom. The summed E-state index contributed by atoms with van der Waals surface area (Å²) < 4.78 is 29.1. The molecule has 4 nitrogen and oxygen atoms in total. The zero-order chi connectivity index (χ0) is 12.4. The molecule has 2 atom stereocenters. The first-order chi connectivity index (χ1) is 7.35. The highest BCUT2D eigenvalue weighted by Gasteiger charge is 2.46. The Morgan fingerprint density at radius 2 is 2.06 bits per heavy atom. The fraction of sp³-hybridized carbons (Fsp3) is 1.00. The highest BCUT2D eigenvalue weighted by atomic mass is 32.2. The molecule has 96 valence electrons. The number of hydrogen-bond donors (Lipinski definition) is 1. The van der Waals surface area contributed by atoms with Gasteiger partial charge in [0.05, 0.1) is 17.6 Å². The lowest BCUT2D eigenvalue weighted by Crippen LogP contribution is -2.46. The van der Waals surface area contributed by atoms with Gasteiger partial charge in [0, 0.05) is 13.2 Å². The lowest BCUT2D eigenvalue weighted by molar-refractivity contribution is 0.216. The summed E-state index contributed by atoms with van der Waals surface area (Å²) in [5.74, 6) is 0.127. The Kier molecular flexibility index (Phi) is 4.37. The van der Waals surface area contributed by atoms with Crippen molar-refractivity contribution in [3.63, 3.8) is 0 Å². The molecule has 1 fully saturated rings. The number of rotatable bonds is 5. The summed E-state index contributed by atoms with van der Waals surface area (Å²) in [6, 6.07) is 0.0503. The van der Waals surface area contributed by atoms with Gasteiger partial charge in [0.2, 0.25) is 0 Å². The normalized spacial score (nSPS) is 29.5. The van der Waals surface area contributed by atoms with Crippen LogP contribution in [0.25, 0.3) is 0 Å². The van der Waals surface area contributed by atoms with E-state index in [0.29, 0.717) is 0 Å². The molecule has 0 saturated heterocycles. The van der Waals surface area contributed by atoms with Gasteiger partial charge in [0.25, 0.3) is 0 Å². The topological polar surface area (TPSA) is 55.4 Å². The monoisotopic (exact) mass is 249 g/mol. The Balaban J connectivity index is 2.81. The van der Waals surface area contributed by atoms with Crippen molar-refractivity contribution in [2.75, 3.05) is 26.5 Å². The van der Waals surface area contributed by atoms with Crippen LogP contribution in [0.5, 0.6) is 0 Å². The van der Waals surface area contributed by atoms with Crippen LogP contribution in [0, 0.1) is 5.41 Å². The zero-order valence-electron chi connectivity index (χ0n) is 10.6. The van der Waals surface area contributed by atoms with Crippen molar-refractivity contribution in [3.05, 3.63) is 0 Å². The van der Waals surface area contributed by atoms with Gasteiger partial charge in [-0.3, -0.25) is 0 Å². The van der Waals surface area contributed by atoms with E-state index in [4.69, 9.17) is 4.74 Å². The fourth-order valence-electron chi connectivity index (χ4n) is 2.65. The molecule has 0 aliphatic heterocycles. The maximum absolute atomic E-state index is 12.1. The van der Waals surface area contributed by atoms with Crippen molar-refractivity contribution in [3.8, 4) is 0 Å². The molecule has 0 aromatic rings. The van der Waals surface area contributed by atoms with Gasteiger partial charge in [0.15, 0.2) is 9.84 Å². The van der Waals surface area contributed by atoms with Gasteiger partial charge in [-0.05, 0) is 25.3 Å². The Labute approximate surface area is 98.7 Å². The van der Waals surface area contributed by atoms with Gasteiger partial charge >= 0.3 is 0 Å². The minimum atomic E-state index is -3.04. The van der Waals surface area contributed by atoms with Crippen molar-refractivity contribution < 1.29 is 13.2 Å². The lowest BCUT2D eigenvalue weighted by atomic mass is 9.87. The SMILES string of the molecule is CNC1C(S(=O)(=O)CCOC)CCC1(C)C. The summed E-state index contributed by atoms with van der Waals surface area (Å²) in [5, 5.41) is 2.91. The van der Waals surface area contributed by atoms with Crippen molar-refractivity contribution in [2.24, 2.45) is 5.41 Å². The minimum Gasteiger partial charge on any atom is -0.384 e. The van der Waals surface area contributed by atoms with Gasteiger partial charge in [-0.2, -0.15) is 0 Å². The zero-order valence-corrected chi connectivity index (χ0v) is 11.4. The van der Waals surface area contributed by atoms with Crippen LogP contribution in [0.1, 0.15) is 26.7 Å². The molecule has 0 radical (unpaired) electrons. The number of methoxy groups -OCH3 is 1. The fourth-order valence-corrected chi connectivity index (χ4v) is 4.75. The third kappa shape index (κ3) is 2.76. The summed E-state index contributed by atoms with van der Waals surface area (Å²) >= 11 is 0. The molecule has 1 rings (SSSR count). The van der Waals surface area contributed by atoms with E-state index in [1.165, 1.54) is 7.11 Å². The highest BCUT2D eigenvalue weighted by Crippen LogP contribution is 2.40. The molecule has 1 saturated carbocycles. The second kappa shape index (κ2) is 5.02. The first-order valence-electron chi connectivity index (χ1n) is 5.73. The molecule has 0 aromatic heterocycles. The molecule has 1 aliphatic carbocycles. The van der Waals surface area contributed by atoms with E-state index in [2.05, 4.69) is 19.2 Å². The van der Waals surface area contributed by atoms with Gasteiger partial charge in [-0.25, -0.2) is 8.42 Å². The largest absolute Gasteiger partial charge is 0.384 e. The van der Waals surface area contributed by atoms with E-state index >= 15 is 0 Å². The van der Waals surface area contributed by atoms with E-state index in [0.717, 1.165) is 12.8 Å². The molecule has 0 heterocycles. The summed E-state index contributed by atoms with van der Waals surface area (Å²) in [4.78, 5) is 0. The molecule has 2 unspecified atom stereocenters. The minimum absolute atomic E-state index is 0.0503. The molecular formula is C11H23NO3S. The standard InChI is InChI=1S/C11H23NO3S/c1-11(2)6-5-9(10(11)12-3)16(13,14)8-7-15-4/h9-10,12H,5-8H2,1-4H3. The molecule has 5 heteroatoms. The van der Waals surface area contributed by atoms with Gasteiger partial charge < -0.3 is 10.1 Å². The van der Waals surface area contributed by atoms with E-state index < -0.39 is 9.84 Å². The predicted molar refractivity (Wildman–Crippen MR) is 65.3 cm³/mol. The Bertz CT molecular complexity index is 324.